The molecule has 3 aromatic rings. The molecule has 24 heteroatoms. The van der Waals surface area contributed by atoms with Crippen molar-refractivity contribution in [3.63, 3.8) is 0 Å². The van der Waals surface area contributed by atoms with Gasteiger partial charge in [0, 0.05) is 23.5 Å². The molecule has 0 fully saturated rings. The summed E-state index contributed by atoms with van der Waals surface area (Å²) in [5.41, 5.74) is 19.6. The van der Waals surface area contributed by atoms with Gasteiger partial charge in [0.1, 0.15) is 42.3 Å². The molecule has 0 saturated heterocycles. The number of aliphatic carboxylic acids is 2. The summed E-state index contributed by atoms with van der Waals surface area (Å²) < 4.78 is 0. The molecule has 2 aromatic carbocycles. The zero-order valence-electron chi connectivity index (χ0n) is 40.7. The number of aliphatic hydroxyl groups excluding tert-OH is 2. The van der Waals surface area contributed by atoms with Crippen LogP contribution in [0.1, 0.15) is 76.8 Å². The van der Waals surface area contributed by atoms with Crippen LogP contribution in [0.2, 0.25) is 0 Å². The van der Waals surface area contributed by atoms with Crippen LogP contribution in [0.15, 0.2) is 60.8 Å². The molecule has 9 atom stereocenters. The molecule has 0 aliphatic heterocycles. The summed E-state index contributed by atoms with van der Waals surface area (Å²) in [5, 5.41) is 58.1. The Kier molecular flexibility index (Phi) is 24.7. The number of aromatic amines is 1. The van der Waals surface area contributed by atoms with Gasteiger partial charge in [0.15, 0.2) is 0 Å². The number of para-hydroxylation sites is 1. The number of carboxylic acids is 2. The Morgan fingerprint density at radius 3 is 1.60 bits per heavy atom. The first-order valence-corrected chi connectivity index (χ1v) is 23.8. The fraction of sp³-hybridized carbons (Fsp3) is 0.521. The number of aromatic nitrogens is 1. The molecule has 0 radical (unpaired) electrons. The lowest BCUT2D eigenvalue weighted by atomic mass is 10.0. The minimum atomic E-state index is -1.81. The van der Waals surface area contributed by atoms with Crippen LogP contribution in [0.25, 0.3) is 10.9 Å². The van der Waals surface area contributed by atoms with Gasteiger partial charge in [0.05, 0.1) is 25.2 Å². The van der Waals surface area contributed by atoms with Crippen LogP contribution in [0.5, 0.6) is 0 Å². The summed E-state index contributed by atoms with van der Waals surface area (Å²) in [6.07, 6.45) is 0.381. The van der Waals surface area contributed by atoms with E-state index in [1.54, 1.807) is 50.4 Å². The van der Waals surface area contributed by atoms with E-state index in [9.17, 15) is 63.6 Å². The smallest absolute Gasteiger partial charge is 0.326 e. The molecule has 3 rings (SSSR count). The number of fused-ring (bicyclic) bond motifs is 1. The molecule has 7 amide bonds. The Balaban J connectivity index is 1.75. The number of nitrogens with two attached hydrogens (primary N) is 3. The summed E-state index contributed by atoms with van der Waals surface area (Å²) in [6, 6.07) is 3.84. The van der Waals surface area contributed by atoms with Crippen molar-refractivity contribution in [2.24, 2.45) is 23.1 Å². The number of hydrogen-bond acceptors (Lipinski definition) is 14. The van der Waals surface area contributed by atoms with Crippen molar-refractivity contribution >= 4 is 64.2 Å². The Bertz CT molecular complexity index is 2290. The summed E-state index contributed by atoms with van der Waals surface area (Å²) >= 11 is 0. The standard InChI is InChI=1S/C48H71N11O13/c1-26(2)39(58-47(70)40(27(3)61)59-45(68)37(25-60)57-41(64)31(51)22-29-24-52-32-16-8-7-15-30(29)32)46(69)54-34(18-10-12-20-50)42(65)55-35(23-38(62)63)44(67)53-33(17-9-11-19-49)43(66)56-36(48(71)72)21-28-13-5-4-6-14-28/h4-8,13-16,24,26-27,31,33-37,39-40,52,60-61H,9-12,17-23,25,49-51H2,1-3H3,(H,53,67)(H,54,69)(H,55,65)(H,56,66)(H,57,64)(H,58,70)(H,59,68)(H,62,63)(H,71,72)/t27-,31+,33+,34+,35+,36+,37+,39+,40+/m1/s1. The molecular weight excluding hydrogens is 939 g/mol. The SMILES string of the molecule is CC(C)[C@H](NC(=O)[C@@H](NC(=O)[C@H](CO)NC(=O)[C@@H](N)Cc1c[nH]c2ccccc12)[C@@H](C)O)C(=O)N[C@@H](CCCCN)C(=O)N[C@@H](CC(=O)O)C(=O)N[C@@H](CCCCN)C(=O)N[C@@H](Cc1ccccc1)C(=O)O. The number of carboxylic acid groups (broad SMARTS) is 2. The molecule has 0 unspecified atom stereocenters. The van der Waals surface area contributed by atoms with Crippen molar-refractivity contribution in [3.8, 4) is 0 Å². The third-order valence-corrected chi connectivity index (χ3v) is 11.6. The third-order valence-electron chi connectivity index (χ3n) is 11.6. The molecule has 396 valence electrons. The van der Waals surface area contributed by atoms with Crippen molar-refractivity contribution < 1.29 is 63.6 Å². The average molecular weight is 1010 g/mol. The van der Waals surface area contributed by atoms with Crippen LogP contribution < -0.4 is 54.4 Å². The number of benzene rings is 2. The molecule has 24 nitrogen and oxygen atoms in total. The van der Waals surface area contributed by atoms with E-state index in [2.05, 4.69) is 42.2 Å². The molecule has 0 aliphatic rings. The normalized spacial score (nSPS) is 15.0. The molecule has 18 N–H and O–H groups in total. The highest BCUT2D eigenvalue weighted by Crippen LogP contribution is 2.19. The second-order valence-electron chi connectivity index (χ2n) is 17.8. The van der Waals surface area contributed by atoms with Gasteiger partial charge in [-0.1, -0.05) is 62.4 Å². The maximum absolute atomic E-state index is 14.0. The monoisotopic (exact) mass is 1010 g/mol. The van der Waals surface area contributed by atoms with Gasteiger partial charge >= 0.3 is 11.9 Å². The van der Waals surface area contributed by atoms with E-state index in [1.807, 2.05) is 24.3 Å². The lowest BCUT2D eigenvalue weighted by molar-refractivity contribution is -0.143. The van der Waals surface area contributed by atoms with Crippen LogP contribution in [-0.2, 0) is 56.0 Å². The van der Waals surface area contributed by atoms with E-state index in [0.29, 0.717) is 24.8 Å². The predicted octanol–water partition coefficient (Wildman–Crippen LogP) is -2.48. The number of hydrogen-bond donors (Lipinski definition) is 15. The van der Waals surface area contributed by atoms with Crippen molar-refractivity contribution in [1.29, 1.82) is 0 Å². The quantitative estimate of drug-likeness (QED) is 0.0288. The first kappa shape index (κ1) is 59.3. The number of nitrogens with one attached hydrogen (secondary N) is 8. The van der Waals surface area contributed by atoms with Gasteiger partial charge in [-0.05, 0) is 88.1 Å². The van der Waals surface area contributed by atoms with Crippen molar-refractivity contribution in [2.75, 3.05) is 19.7 Å². The van der Waals surface area contributed by atoms with Gasteiger partial charge < -0.3 is 79.8 Å². The number of carbonyl (C=O) groups is 9. The molecule has 0 bridgehead atoms. The van der Waals surface area contributed by atoms with Gasteiger partial charge in [-0.2, -0.15) is 0 Å². The number of unbranched alkanes of at least 4 members (excludes halogenated alkanes) is 2. The topological polar surface area (TPSA) is 413 Å². The molecule has 1 heterocycles. The third kappa shape index (κ3) is 19.0. The fourth-order valence-corrected chi connectivity index (χ4v) is 7.58. The summed E-state index contributed by atoms with van der Waals surface area (Å²) in [6.45, 7) is 3.79. The first-order chi connectivity index (χ1) is 34.2. The predicted molar refractivity (Wildman–Crippen MR) is 263 cm³/mol. The van der Waals surface area contributed by atoms with Crippen LogP contribution in [-0.4, -0.2) is 153 Å². The zero-order valence-corrected chi connectivity index (χ0v) is 40.7. The molecular formula is C48H71N11O13. The van der Waals surface area contributed by atoms with E-state index in [0.717, 1.165) is 16.5 Å². The van der Waals surface area contributed by atoms with Gasteiger partial charge in [-0.15, -0.1) is 0 Å². The van der Waals surface area contributed by atoms with Crippen LogP contribution in [0, 0.1) is 5.92 Å². The van der Waals surface area contributed by atoms with Crippen LogP contribution in [0.4, 0.5) is 0 Å². The van der Waals surface area contributed by atoms with Crippen molar-refractivity contribution in [1.82, 2.24) is 42.2 Å². The first-order valence-electron chi connectivity index (χ1n) is 23.8. The van der Waals surface area contributed by atoms with Gasteiger partial charge in [-0.3, -0.25) is 38.4 Å². The van der Waals surface area contributed by atoms with Crippen LogP contribution >= 0.6 is 0 Å². The maximum atomic E-state index is 14.0. The van der Waals surface area contributed by atoms with E-state index >= 15 is 0 Å². The molecule has 1 aromatic heterocycles. The van der Waals surface area contributed by atoms with Crippen LogP contribution in [0.3, 0.4) is 0 Å². The maximum Gasteiger partial charge on any atom is 0.326 e. The minimum Gasteiger partial charge on any atom is -0.481 e. The van der Waals surface area contributed by atoms with E-state index < -0.39 is 127 Å². The highest BCUT2D eigenvalue weighted by atomic mass is 16.4. The lowest BCUT2D eigenvalue weighted by Gasteiger charge is -2.29. The number of carbonyl (C=O) groups excluding carboxylic acids is 7. The van der Waals surface area contributed by atoms with E-state index in [1.165, 1.54) is 6.92 Å². The van der Waals surface area contributed by atoms with Gasteiger partial charge in [0.25, 0.3) is 0 Å². The highest BCUT2D eigenvalue weighted by molar-refractivity contribution is 5.98. The number of rotatable bonds is 32. The highest BCUT2D eigenvalue weighted by Gasteiger charge is 2.37. The van der Waals surface area contributed by atoms with E-state index in [-0.39, 0.29) is 45.2 Å². The van der Waals surface area contributed by atoms with Crippen molar-refractivity contribution in [3.05, 3.63) is 71.9 Å². The summed E-state index contributed by atoms with van der Waals surface area (Å²) in [5.74, 6) is -10.4. The molecule has 0 saturated carbocycles. The molecule has 0 spiro atoms. The largest absolute Gasteiger partial charge is 0.481 e. The van der Waals surface area contributed by atoms with Gasteiger partial charge in [0.2, 0.25) is 41.4 Å². The number of amides is 7. The lowest BCUT2D eigenvalue weighted by Crippen LogP contribution is -2.62. The average Bonchev–Trinajstić information content (AvgIpc) is 3.74. The summed E-state index contributed by atoms with van der Waals surface area (Å²) in [7, 11) is 0. The Morgan fingerprint density at radius 1 is 0.569 bits per heavy atom. The molecule has 72 heavy (non-hydrogen) atoms. The van der Waals surface area contributed by atoms with E-state index in [4.69, 9.17) is 17.2 Å². The zero-order chi connectivity index (χ0) is 53.5. The molecule has 0 aliphatic carbocycles. The van der Waals surface area contributed by atoms with Crippen molar-refractivity contribution in [2.45, 2.75) is 133 Å². The fourth-order valence-electron chi connectivity index (χ4n) is 7.58. The number of aliphatic hydroxyl groups is 2. The number of H-pyrrole nitrogens is 1. The summed E-state index contributed by atoms with van der Waals surface area (Å²) in [4.78, 5) is 123. The Labute approximate surface area is 416 Å². The Hall–Kier alpha value is -6.99. The second kappa shape index (κ2) is 30.0. The van der Waals surface area contributed by atoms with Gasteiger partial charge in [-0.25, -0.2) is 4.79 Å². The minimum absolute atomic E-state index is 0.0275. The Morgan fingerprint density at radius 2 is 1.06 bits per heavy atom. The second-order valence-corrected chi connectivity index (χ2v) is 17.8.